The van der Waals surface area contributed by atoms with Crippen molar-refractivity contribution >= 4 is 23.2 Å². The maximum atomic E-state index is 13.9. The summed E-state index contributed by atoms with van der Waals surface area (Å²) in [5.74, 6) is 0.228. The van der Waals surface area contributed by atoms with Crippen LogP contribution in [-0.2, 0) is 4.79 Å². The lowest BCUT2D eigenvalue weighted by Crippen LogP contribution is -2.49. The molecule has 3 heterocycles. The number of nitrogens with zero attached hydrogens (tertiary/aromatic N) is 2. The molecule has 2 amide bonds. The van der Waals surface area contributed by atoms with Crippen LogP contribution in [0.5, 0.6) is 0 Å². The van der Waals surface area contributed by atoms with Crippen LogP contribution < -0.4 is 0 Å². The van der Waals surface area contributed by atoms with E-state index in [0.717, 1.165) is 36.4 Å². The summed E-state index contributed by atoms with van der Waals surface area (Å²) in [6, 6.07) is 11.6. The quantitative estimate of drug-likeness (QED) is 0.705. The minimum atomic E-state index is -0.334. The van der Waals surface area contributed by atoms with Gasteiger partial charge in [0.05, 0.1) is 12.0 Å². The predicted molar refractivity (Wildman–Crippen MR) is 117 cm³/mol. The second-order valence-corrected chi connectivity index (χ2v) is 9.60. The van der Waals surface area contributed by atoms with Gasteiger partial charge in [0, 0.05) is 30.1 Å². The highest BCUT2D eigenvalue weighted by Crippen LogP contribution is 2.45. The molecule has 2 aromatic rings. The molecule has 2 atom stereocenters. The van der Waals surface area contributed by atoms with E-state index in [2.05, 4.69) is 24.8 Å². The minimum absolute atomic E-state index is 0.0487. The van der Waals surface area contributed by atoms with E-state index < -0.39 is 0 Å². The molecular weight excluding hydrogens is 380 g/mol. The van der Waals surface area contributed by atoms with Gasteiger partial charge in [-0.25, -0.2) is 0 Å². The molecule has 0 N–H and O–H groups in total. The lowest BCUT2D eigenvalue weighted by atomic mass is 9.80. The van der Waals surface area contributed by atoms with Gasteiger partial charge in [0.15, 0.2) is 0 Å². The van der Waals surface area contributed by atoms with Gasteiger partial charge < -0.3 is 9.80 Å². The third-order valence-electron chi connectivity index (χ3n) is 6.02. The molecule has 29 heavy (non-hydrogen) atoms. The van der Waals surface area contributed by atoms with Crippen LogP contribution >= 0.6 is 11.3 Å². The molecule has 1 fully saturated rings. The SMILES string of the molecule is CC(C)CN1C(=O)c2ccccc2[C@@H](C(=O)N2CCCCCC2)[C@H]1c1cccs1. The Morgan fingerprint density at radius 2 is 1.79 bits per heavy atom. The number of rotatable bonds is 4. The first kappa shape index (κ1) is 20.1. The highest BCUT2D eigenvalue weighted by atomic mass is 32.1. The van der Waals surface area contributed by atoms with E-state index in [1.165, 1.54) is 12.8 Å². The van der Waals surface area contributed by atoms with Crippen molar-refractivity contribution in [2.75, 3.05) is 19.6 Å². The summed E-state index contributed by atoms with van der Waals surface area (Å²) < 4.78 is 0. The van der Waals surface area contributed by atoms with E-state index in [1.54, 1.807) is 11.3 Å². The lowest BCUT2D eigenvalue weighted by Gasteiger charge is -2.43. The van der Waals surface area contributed by atoms with E-state index in [0.29, 0.717) is 18.0 Å². The fourth-order valence-electron chi connectivity index (χ4n) is 4.72. The second-order valence-electron chi connectivity index (χ2n) is 8.62. The first-order chi connectivity index (χ1) is 14.1. The number of carbonyl (C=O) groups excluding carboxylic acids is 2. The Hall–Kier alpha value is -2.14. The summed E-state index contributed by atoms with van der Waals surface area (Å²) >= 11 is 1.64. The van der Waals surface area contributed by atoms with Gasteiger partial charge in [0.1, 0.15) is 0 Å². The van der Waals surface area contributed by atoms with Gasteiger partial charge in [0.2, 0.25) is 5.91 Å². The molecule has 0 bridgehead atoms. The second kappa shape index (κ2) is 8.70. The monoisotopic (exact) mass is 410 g/mol. The summed E-state index contributed by atoms with van der Waals surface area (Å²) in [6.45, 7) is 6.56. The number of carbonyl (C=O) groups is 2. The first-order valence-electron chi connectivity index (χ1n) is 10.8. The zero-order valence-electron chi connectivity index (χ0n) is 17.3. The molecule has 0 saturated carbocycles. The standard InChI is InChI=1S/C24H30N2O2S/c1-17(2)16-26-22(20-12-9-15-29-20)21(18-10-5-6-11-19(18)23(26)27)24(28)25-13-7-3-4-8-14-25/h5-6,9-12,15,17,21-22H,3-4,7-8,13-14,16H2,1-2H3/t21-,22-/m1/s1. The number of benzene rings is 1. The molecule has 1 aromatic heterocycles. The first-order valence-corrected chi connectivity index (χ1v) is 11.7. The third-order valence-corrected chi connectivity index (χ3v) is 6.96. The van der Waals surface area contributed by atoms with Gasteiger partial charge >= 0.3 is 0 Å². The van der Waals surface area contributed by atoms with Crippen LogP contribution in [0, 0.1) is 5.92 Å². The number of hydrogen-bond donors (Lipinski definition) is 0. The Labute approximate surface area is 177 Å². The molecule has 4 rings (SSSR count). The molecule has 0 spiro atoms. The fraction of sp³-hybridized carbons (Fsp3) is 0.500. The predicted octanol–water partition coefficient (Wildman–Crippen LogP) is 5.09. The lowest BCUT2D eigenvalue weighted by molar-refractivity contribution is -0.134. The highest BCUT2D eigenvalue weighted by Gasteiger charge is 2.45. The van der Waals surface area contributed by atoms with Gasteiger partial charge in [-0.2, -0.15) is 0 Å². The maximum absolute atomic E-state index is 13.9. The van der Waals surface area contributed by atoms with Crippen molar-refractivity contribution in [2.24, 2.45) is 5.92 Å². The molecule has 1 saturated heterocycles. The van der Waals surface area contributed by atoms with Crippen LogP contribution in [0.4, 0.5) is 0 Å². The molecule has 1 aromatic carbocycles. The van der Waals surface area contributed by atoms with E-state index in [9.17, 15) is 9.59 Å². The highest BCUT2D eigenvalue weighted by molar-refractivity contribution is 7.10. The Morgan fingerprint density at radius 1 is 1.07 bits per heavy atom. The number of hydrogen-bond acceptors (Lipinski definition) is 3. The summed E-state index contributed by atoms with van der Waals surface area (Å²) in [5.41, 5.74) is 1.58. The zero-order chi connectivity index (χ0) is 20.4. The van der Waals surface area contributed by atoms with Crippen molar-refractivity contribution in [3.8, 4) is 0 Å². The van der Waals surface area contributed by atoms with Crippen LogP contribution in [0.2, 0.25) is 0 Å². The largest absolute Gasteiger partial charge is 0.342 e. The van der Waals surface area contributed by atoms with Crippen molar-refractivity contribution in [1.82, 2.24) is 9.80 Å². The van der Waals surface area contributed by atoms with Crippen molar-refractivity contribution in [3.63, 3.8) is 0 Å². The molecule has 4 nitrogen and oxygen atoms in total. The molecule has 0 unspecified atom stereocenters. The Balaban J connectivity index is 1.82. The van der Waals surface area contributed by atoms with Crippen molar-refractivity contribution in [3.05, 3.63) is 57.8 Å². The summed E-state index contributed by atoms with van der Waals surface area (Å²) in [4.78, 5) is 32.5. The van der Waals surface area contributed by atoms with Crippen LogP contribution in [-0.4, -0.2) is 41.2 Å². The average Bonchev–Trinajstić information content (AvgIpc) is 3.10. The van der Waals surface area contributed by atoms with E-state index in [4.69, 9.17) is 0 Å². The van der Waals surface area contributed by atoms with Crippen molar-refractivity contribution in [2.45, 2.75) is 51.5 Å². The van der Waals surface area contributed by atoms with Crippen molar-refractivity contribution < 1.29 is 9.59 Å². The van der Waals surface area contributed by atoms with Crippen LogP contribution in [0.15, 0.2) is 41.8 Å². The normalized spacial score (nSPS) is 22.5. The number of amides is 2. The summed E-state index contributed by atoms with van der Waals surface area (Å²) in [5, 5.41) is 2.04. The molecule has 5 heteroatoms. The fourth-order valence-corrected chi connectivity index (χ4v) is 5.59. The molecular formula is C24H30N2O2S. The van der Waals surface area contributed by atoms with Gasteiger partial charge in [-0.3, -0.25) is 9.59 Å². The van der Waals surface area contributed by atoms with Crippen LogP contribution in [0.1, 0.15) is 72.3 Å². The Kier molecular flexibility index (Phi) is 6.04. The van der Waals surface area contributed by atoms with E-state index in [1.807, 2.05) is 40.6 Å². The Bertz CT molecular complexity index is 854. The number of thiophene rings is 1. The van der Waals surface area contributed by atoms with Crippen LogP contribution in [0.3, 0.4) is 0 Å². The van der Waals surface area contributed by atoms with Gasteiger partial charge in [0.25, 0.3) is 5.91 Å². The minimum Gasteiger partial charge on any atom is -0.342 e. The maximum Gasteiger partial charge on any atom is 0.254 e. The summed E-state index contributed by atoms with van der Waals surface area (Å²) in [6.07, 6.45) is 4.52. The number of likely N-dealkylation sites (tertiary alicyclic amines) is 1. The van der Waals surface area contributed by atoms with Crippen LogP contribution in [0.25, 0.3) is 0 Å². The summed E-state index contributed by atoms with van der Waals surface area (Å²) in [7, 11) is 0. The van der Waals surface area contributed by atoms with Gasteiger partial charge in [-0.15, -0.1) is 11.3 Å². The molecule has 2 aliphatic rings. The zero-order valence-corrected chi connectivity index (χ0v) is 18.2. The van der Waals surface area contributed by atoms with Gasteiger partial charge in [-0.1, -0.05) is 51.0 Å². The Morgan fingerprint density at radius 3 is 2.45 bits per heavy atom. The third kappa shape index (κ3) is 3.97. The van der Waals surface area contributed by atoms with E-state index >= 15 is 0 Å². The molecule has 154 valence electrons. The number of fused-ring (bicyclic) bond motifs is 1. The average molecular weight is 411 g/mol. The van der Waals surface area contributed by atoms with Gasteiger partial charge in [-0.05, 0) is 41.8 Å². The molecule has 0 radical (unpaired) electrons. The topological polar surface area (TPSA) is 40.6 Å². The van der Waals surface area contributed by atoms with E-state index in [-0.39, 0.29) is 23.8 Å². The molecule has 2 aliphatic heterocycles. The van der Waals surface area contributed by atoms with Crippen molar-refractivity contribution in [1.29, 1.82) is 0 Å². The smallest absolute Gasteiger partial charge is 0.254 e. The molecule has 0 aliphatic carbocycles.